The first-order valence-electron chi connectivity index (χ1n) is 7.05. The molecular weight excluding hydrogens is 292 g/mol. The van der Waals surface area contributed by atoms with E-state index in [9.17, 15) is 4.79 Å². The van der Waals surface area contributed by atoms with Crippen LogP contribution in [0.15, 0.2) is 71.6 Å². The highest BCUT2D eigenvalue weighted by Gasteiger charge is 2.13. The molecule has 0 heterocycles. The number of aldehydes is 1. The lowest BCUT2D eigenvalue weighted by atomic mass is 10.1. The molecule has 0 aliphatic carbocycles. The van der Waals surface area contributed by atoms with Crippen LogP contribution in [0.3, 0.4) is 0 Å². The van der Waals surface area contributed by atoms with Crippen LogP contribution < -0.4 is 4.74 Å². The molecule has 0 fully saturated rings. The molecule has 0 amide bonds. The first-order chi connectivity index (χ1) is 10.8. The van der Waals surface area contributed by atoms with Crippen molar-refractivity contribution in [1.29, 1.82) is 0 Å². The molecule has 0 aromatic heterocycles. The van der Waals surface area contributed by atoms with Gasteiger partial charge < -0.3 is 4.74 Å². The SMILES string of the molecule is CSc1ccc(C(C=O)Oc2cccc3ccccc23)cc1. The number of ether oxygens (including phenoxy) is 1. The molecule has 3 rings (SSSR count). The van der Waals surface area contributed by atoms with Gasteiger partial charge in [-0.15, -0.1) is 11.8 Å². The quantitative estimate of drug-likeness (QED) is 0.496. The maximum atomic E-state index is 11.5. The molecule has 0 aliphatic rings. The predicted molar refractivity (Wildman–Crippen MR) is 91.6 cm³/mol. The minimum absolute atomic E-state index is 0.596. The molecule has 0 saturated heterocycles. The summed E-state index contributed by atoms with van der Waals surface area (Å²) in [5, 5.41) is 2.11. The van der Waals surface area contributed by atoms with Crippen LogP contribution in [0.4, 0.5) is 0 Å². The Kier molecular flexibility index (Phi) is 4.45. The Balaban J connectivity index is 1.92. The zero-order valence-electron chi connectivity index (χ0n) is 12.2. The molecule has 1 atom stereocenters. The molecule has 0 aliphatic heterocycles. The Labute approximate surface area is 134 Å². The van der Waals surface area contributed by atoms with E-state index >= 15 is 0 Å². The van der Waals surface area contributed by atoms with E-state index in [1.165, 1.54) is 4.90 Å². The molecule has 0 bridgehead atoms. The normalized spacial score (nSPS) is 12.0. The van der Waals surface area contributed by atoms with Crippen molar-refractivity contribution < 1.29 is 9.53 Å². The van der Waals surface area contributed by atoms with Crippen molar-refractivity contribution in [3.05, 3.63) is 72.3 Å². The summed E-state index contributed by atoms with van der Waals surface area (Å²) in [4.78, 5) is 12.6. The second-order valence-corrected chi connectivity index (χ2v) is 5.80. The summed E-state index contributed by atoms with van der Waals surface area (Å²) < 4.78 is 5.96. The van der Waals surface area contributed by atoms with Crippen molar-refractivity contribution >= 4 is 28.8 Å². The van der Waals surface area contributed by atoms with Crippen molar-refractivity contribution in [2.45, 2.75) is 11.0 Å². The molecule has 110 valence electrons. The topological polar surface area (TPSA) is 26.3 Å². The van der Waals surface area contributed by atoms with Gasteiger partial charge in [-0.2, -0.15) is 0 Å². The number of hydrogen-bond acceptors (Lipinski definition) is 3. The van der Waals surface area contributed by atoms with Gasteiger partial charge in [-0.05, 0) is 35.4 Å². The van der Waals surface area contributed by atoms with Gasteiger partial charge in [0.15, 0.2) is 12.4 Å². The van der Waals surface area contributed by atoms with Gasteiger partial charge in [-0.25, -0.2) is 0 Å². The summed E-state index contributed by atoms with van der Waals surface area (Å²) in [5.41, 5.74) is 0.862. The largest absolute Gasteiger partial charge is 0.478 e. The van der Waals surface area contributed by atoms with E-state index in [0.29, 0.717) is 0 Å². The number of thioether (sulfide) groups is 1. The number of benzene rings is 3. The van der Waals surface area contributed by atoms with E-state index in [0.717, 1.165) is 28.4 Å². The predicted octanol–water partition coefficient (Wildman–Crippen LogP) is 4.88. The fraction of sp³-hybridized carbons (Fsp3) is 0.105. The smallest absolute Gasteiger partial charge is 0.179 e. The van der Waals surface area contributed by atoms with E-state index in [-0.39, 0.29) is 0 Å². The summed E-state index contributed by atoms with van der Waals surface area (Å²) >= 11 is 1.67. The molecular formula is C19H16O2S. The molecule has 0 N–H and O–H groups in total. The van der Waals surface area contributed by atoms with Gasteiger partial charge in [0.1, 0.15) is 5.75 Å². The third-order valence-electron chi connectivity index (χ3n) is 3.57. The minimum Gasteiger partial charge on any atom is -0.478 e. The van der Waals surface area contributed by atoms with Gasteiger partial charge in [0.2, 0.25) is 0 Å². The lowest BCUT2D eigenvalue weighted by molar-refractivity contribution is -0.113. The third-order valence-corrected chi connectivity index (χ3v) is 4.32. The highest BCUT2D eigenvalue weighted by molar-refractivity contribution is 7.98. The van der Waals surface area contributed by atoms with Crippen molar-refractivity contribution in [2.75, 3.05) is 6.26 Å². The Morgan fingerprint density at radius 1 is 0.955 bits per heavy atom. The van der Waals surface area contributed by atoms with E-state index in [2.05, 4.69) is 0 Å². The maximum absolute atomic E-state index is 11.5. The van der Waals surface area contributed by atoms with Crippen LogP contribution in [0.5, 0.6) is 5.75 Å². The van der Waals surface area contributed by atoms with Gasteiger partial charge in [-0.1, -0.05) is 48.5 Å². The minimum atomic E-state index is -0.596. The Morgan fingerprint density at radius 3 is 2.41 bits per heavy atom. The fourth-order valence-corrected chi connectivity index (χ4v) is 2.81. The molecule has 22 heavy (non-hydrogen) atoms. The second-order valence-electron chi connectivity index (χ2n) is 4.92. The molecule has 0 radical (unpaired) electrons. The van der Waals surface area contributed by atoms with Crippen molar-refractivity contribution in [3.8, 4) is 5.75 Å². The van der Waals surface area contributed by atoms with Crippen LogP contribution in [-0.4, -0.2) is 12.5 Å². The molecule has 3 heteroatoms. The van der Waals surface area contributed by atoms with E-state index in [4.69, 9.17) is 4.74 Å². The second kappa shape index (κ2) is 6.67. The number of carbonyl (C=O) groups is 1. The lowest BCUT2D eigenvalue weighted by Crippen LogP contribution is -2.09. The first kappa shape index (κ1) is 14.7. The van der Waals surface area contributed by atoms with Crippen LogP contribution in [0.2, 0.25) is 0 Å². The average molecular weight is 308 g/mol. The van der Waals surface area contributed by atoms with Gasteiger partial charge in [0.05, 0.1) is 0 Å². The van der Waals surface area contributed by atoms with Crippen molar-refractivity contribution in [1.82, 2.24) is 0 Å². The Bertz CT molecular complexity index is 776. The molecule has 2 nitrogen and oxygen atoms in total. The first-order valence-corrected chi connectivity index (χ1v) is 8.28. The zero-order chi connectivity index (χ0) is 15.4. The molecule has 3 aromatic carbocycles. The third kappa shape index (κ3) is 3.00. The molecule has 0 spiro atoms. The zero-order valence-corrected chi connectivity index (χ0v) is 13.0. The molecule has 1 unspecified atom stereocenters. The van der Waals surface area contributed by atoms with E-state index < -0.39 is 6.10 Å². The van der Waals surface area contributed by atoms with E-state index in [1.54, 1.807) is 11.8 Å². The van der Waals surface area contributed by atoms with Gasteiger partial charge >= 0.3 is 0 Å². The number of fused-ring (bicyclic) bond motifs is 1. The average Bonchev–Trinajstić information content (AvgIpc) is 2.60. The van der Waals surface area contributed by atoms with E-state index in [1.807, 2.05) is 73.0 Å². The summed E-state index contributed by atoms with van der Waals surface area (Å²) in [6.45, 7) is 0. The molecule has 0 saturated carbocycles. The number of rotatable bonds is 5. The van der Waals surface area contributed by atoms with Crippen LogP contribution in [0.1, 0.15) is 11.7 Å². The number of hydrogen-bond donors (Lipinski definition) is 0. The van der Waals surface area contributed by atoms with Crippen LogP contribution in [0, 0.1) is 0 Å². The monoisotopic (exact) mass is 308 g/mol. The summed E-state index contributed by atoms with van der Waals surface area (Å²) in [5.74, 6) is 0.726. The number of carbonyl (C=O) groups excluding carboxylic acids is 1. The van der Waals surface area contributed by atoms with Crippen LogP contribution in [0.25, 0.3) is 10.8 Å². The summed E-state index contributed by atoms with van der Waals surface area (Å²) in [7, 11) is 0. The van der Waals surface area contributed by atoms with Crippen LogP contribution in [-0.2, 0) is 4.79 Å². The lowest BCUT2D eigenvalue weighted by Gasteiger charge is -2.16. The Morgan fingerprint density at radius 2 is 1.68 bits per heavy atom. The van der Waals surface area contributed by atoms with Gasteiger partial charge in [-0.3, -0.25) is 4.79 Å². The van der Waals surface area contributed by atoms with Gasteiger partial charge in [0, 0.05) is 10.3 Å². The summed E-state index contributed by atoms with van der Waals surface area (Å²) in [6, 6.07) is 21.8. The van der Waals surface area contributed by atoms with Crippen molar-refractivity contribution in [2.24, 2.45) is 0 Å². The standard InChI is InChI=1S/C19H16O2S/c1-22-16-11-9-15(10-12-16)19(13-20)21-18-8-4-6-14-5-2-3-7-17(14)18/h2-13,19H,1H3. The maximum Gasteiger partial charge on any atom is 0.179 e. The summed E-state index contributed by atoms with van der Waals surface area (Å²) in [6.07, 6.45) is 2.27. The van der Waals surface area contributed by atoms with Crippen molar-refractivity contribution in [3.63, 3.8) is 0 Å². The van der Waals surface area contributed by atoms with Crippen LogP contribution >= 0.6 is 11.8 Å². The Hall–Kier alpha value is -2.26. The van der Waals surface area contributed by atoms with Gasteiger partial charge in [0.25, 0.3) is 0 Å². The fourth-order valence-electron chi connectivity index (χ4n) is 2.40. The highest BCUT2D eigenvalue weighted by atomic mass is 32.2. The highest BCUT2D eigenvalue weighted by Crippen LogP contribution is 2.29. The molecule has 3 aromatic rings.